The van der Waals surface area contributed by atoms with Crippen molar-refractivity contribution in [1.82, 2.24) is 0 Å². The third-order valence-corrected chi connectivity index (χ3v) is 2.92. The molecule has 86 valence electrons. The summed E-state index contributed by atoms with van der Waals surface area (Å²) in [7, 11) is 5.23. The van der Waals surface area contributed by atoms with Crippen LogP contribution in [0.15, 0.2) is 12.2 Å². The molecule has 0 heterocycles. The number of alkyl halides is 1. The summed E-state index contributed by atoms with van der Waals surface area (Å²) < 4.78 is 13.1. The Hall–Kier alpha value is 0.435. The van der Waals surface area contributed by atoms with E-state index in [1.165, 1.54) is 30.9 Å². The number of allylic oxidation sites excluding steroid dienone is 2. The van der Waals surface area contributed by atoms with Crippen LogP contribution in [0.2, 0.25) is 0 Å². The number of unbranched alkanes of at least 4 members (excludes halogenated alkanes) is 3. The lowest BCUT2D eigenvalue weighted by Gasteiger charge is -2.02. The van der Waals surface area contributed by atoms with Crippen molar-refractivity contribution in [2.75, 3.05) is 11.5 Å². The predicted molar refractivity (Wildman–Crippen MR) is 73.8 cm³/mol. The second-order valence-electron chi connectivity index (χ2n) is 3.54. The summed E-state index contributed by atoms with van der Waals surface area (Å²) in [6.07, 6.45) is 9.05. The van der Waals surface area contributed by atoms with Gasteiger partial charge in [-0.1, -0.05) is 18.6 Å². The third kappa shape index (κ3) is 12.4. The lowest BCUT2D eigenvalue weighted by Crippen LogP contribution is -1.99. The van der Waals surface area contributed by atoms with Crippen LogP contribution in [0.3, 0.4) is 0 Å². The van der Waals surface area contributed by atoms with E-state index in [4.69, 9.17) is 7.12 Å². The Bertz CT molecular complexity index is 154. The molecule has 0 aliphatic heterocycles. The number of hydrogen-bond donors (Lipinski definition) is 1. The van der Waals surface area contributed by atoms with Crippen molar-refractivity contribution in [3.8, 4) is 0 Å². The van der Waals surface area contributed by atoms with Crippen LogP contribution in [0.25, 0.3) is 0 Å². The van der Waals surface area contributed by atoms with Crippen LogP contribution < -0.4 is 0 Å². The van der Waals surface area contributed by atoms with Gasteiger partial charge >= 0.3 is 0 Å². The summed E-state index contributed by atoms with van der Waals surface area (Å²) >= 11 is 5.36. The Labute approximate surface area is 104 Å². The first-order valence-corrected chi connectivity index (χ1v) is 7.21. The minimum atomic E-state index is -0.727. The Morgan fingerprint density at radius 2 is 2.07 bits per heavy atom. The number of hydrogen-bond acceptors (Lipinski definition) is 2. The fraction of sp³-hybridized carbons (Fsp3) is 0.818. The van der Waals surface area contributed by atoms with Crippen LogP contribution in [0.4, 0.5) is 4.39 Å². The van der Waals surface area contributed by atoms with E-state index in [1.807, 2.05) is 6.08 Å². The molecule has 0 bridgehead atoms. The molecule has 15 heavy (non-hydrogen) atoms. The maximum atomic E-state index is 13.1. The fourth-order valence-corrected chi connectivity index (χ4v) is 1.84. The van der Waals surface area contributed by atoms with Crippen molar-refractivity contribution >= 4 is 31.4 Å². The predicted octanol–water partition coefficient (Wildman–Crippen LogP) is 3.97. The monoisotopic (exact) mass is 246 g/mol. The minimum absolute atomic E-state index is 0.535. The van der Waals surface area contributed by atoms with Gasteiger partial charge < -0.3 is 0 Å². The van der Waals surface area contributed by atoms with Gasteiger partial charge in [0.15, 0.2) is 7.12 Å². The molecule has 0 aromatic carbocycles. The Kier molecular flexibility index (Phi) is 12.9. The molecule has 0 nitrogen and oxygen atoms in total. The van der Waals surface area contributed by atoms with Gasteiger partial charge in [0.25, 0.3) is 0 Å². The molecule has 0 rings (SSSR count). The van der Waals surface area contributed by atoms with Crippen molar-refractivity contribution in [3.05, 3.63) is 12.2 Å². The summed E-state index contributed by atoms with van der Waals surface area (Å²) in [6, 6.07) is 0. The molecular weight excluding hydrogens is 226 g/mol. The highest BCUT2D eigenvalue weighted by Crippen LogP contribution is 2.09. The number of halogens is 1. The van der Waals surface area contributed by atoms with Crippen LogP contribution in [-0.4, -0.2) is 24.8 Å². The van der Waals surface area contributed by atoms with Gasteiger partial charge in [0.1, 0.15) is 6.17 Å². The van der Waals surface area contributed by atoms with Gasteiger partial charge in [-0.2, -0.15) is 12.6 Å². The van der Waals surface area contributed by atoms with Gasteiger partial charge in [0, 0.05) is 0 Å². The van der Waals surface area contributed by atoms with Crippen molar-refractivity contribution in [2.24, 2.45) is 0 Å². The molecule has 4 heteroatoms. The van der Waals surface area contributed by atoms with Crippen LogP contribution in [0.1, 0.15) is 38.5 Å². The molecule has 0 aromatic heterocycles. The maximum Gasteiger partial charge on any atom is 0.161 e. The van der Waals surface area contributed by atoms with Crippen molar-refractivity contribution in [3.63, 3.8) is 0 Å². The zero-order valence-corrected chi connectivity index (χ0v) is 10.9. The van der Waals surface area contributed by atoms with E-state index in [0.29, 0.717) is 18.6 Å². The van der Waals surface area contributed by atoms with Gasteiger partial charge in [-0.15, -0.1) is 0 Å². The number of thiol groups is 1. The zero-order valence-electron chi connectivity index (χ0n) is 9.20. The summed E-state index contributed by atoms with van der Waals surface area (Å²) in [5, 5.41) is 0. The van der Waals surface area contributed by atoms with Crippen LogP contribution >= 0.6 is 24.2 Å². The first-order chi connectivity index (χ1) is 7.31. The average Bonchev–Trinajstić information content (AvgIpc) is 2.25. The molecule has 0 N–H and O–H groups in total. The molecule has 0 aliphatic rings. The maximum absolute atomic E-state index is 13.1. The fourth-order valence-electron chi connectivity index (χ4n) is 1.23. The Morgan fingerprint density at radius 3 is 2.73 bits per heavy atom. The third-order valence-electron chi connectivity index (χ3n) is 2.14. The summed E-state index contributed by atoms with van der Waals surface area (Å²) in [4.78, 5) is 0. The van der Waals surface area contributed by atoms with Gasteiger partial charge in [0.2, 0.25) is 0 Å². The largest absolute Gasteiger partial charge is 0.247 e. The molecule has 2 radical (unpaired) electrons. The van der Waals surface area contributed by atoms with Crippen LogP contribution in [-0.2, 0) is 0 Å². The van der Waals surface area contributed by atoms with Gasteiger partial charge in [-0.25, -0.2) is 16.0 Å². The number of rotatable bonds is 10. The van der Waals surface area contributed by atoms with Gasteiger partial charge in [0.05, 0.1) is 0 Å². The lowest BCUT2D eigenvalue weighted by molar-refractivity contribution is 0.329. The highest BCUT2D eigenvalue weighted by atomic mass is 32.2. The molecule has 1 unspecified atom stereocenters. The molecule has 0 aromatic rings. The average molecular weight is 246 g/mol. The molecular formula is C11H20BFS2. The van der Waals surface area contributed by atoms with E-state index in [1.54, 1.807) is 0 Å². The topological polar surface area (TPSA) is 0 Å². The van der Waals surface area contributed by atoms with Crippen LogP contribution in [0, 0.1) is 0 Å². The minimum Gasteiger partial charge on any atom is -0.247 e. The van der Waals surface area contributed by atoms with Crippen molar-refractivity contribution in [2.45, 2.75) is 44.7 Å². The molecule has 0 saturated heterocycles. The smallest absolute Gasteiger partial charge is 0.161 e. The van der Waals surface area contributed by atoms with E-state index in [2.05, 4.69) is 18.7 Å². The second-order valence-corrected chi connectivity index (χ2v) is 4.73. The normalized spacial score (nSPS) is 13.5. The second kappa shape index (κ2) is 12.5. The summed E-state index contributed by atoms with van der Waals surface area (Å²) in [5.74, 6) is 1.67. The molecule has 0 spiro atoms. The highest BCUT2D eigenvalue weighted by molar-refractivity contribution is 8.19. The molecule has 0 amide bonds. The summed E-state index contributed by atoms with van der Waals surface area (Å²) in [5.41, 5.74) is 0. The Morgan fingerprint density at radius 1 is 1.27 bits per heavy atom. The highest BCUT2D eigenvalue weighted by Gasteiger charge is 2.01. The van der Waals surface area contributed by atoms with Crippen LogP contribution in [0.5, 0.6) is 0 Å². The summed E-state index contributed by atoms with van der Waals surface area (Å²) in [6.45, 7) is 0. The van der Waals surface area contributed by atoms with E-state index in [0.717, 1.165) is 12.2 Å². The zero-order chi connectivity index (χ0) is 11.4. The molecule has 1 atom stereocenters. The van der Waals surface area contributed by atoms with E-state index < -0.39 is 6.17 Å². The van der Waals surface area contributed by atoms with E-state index in [-0.39, 0.29) is 0 Å². The SMILES string of the molecule is [B]SCCC(F)C/C=C\CCCCCS. The quantitative estimate of drug-likeness (QED) is 0.263. The molecule has 0 aliphatic carbocycles. The van der Waals surface area contributed by atoms with Crippen molar-refractivity contribution < 1.29 is 4.39 Å². The van der Waals surface area contributed by atoms with Gasteiger partial charge in [-0.05, 0) is 43.6 Å². The molecule has 0 fully saturated rings. The first kappa shape index (κ1) is 15.4. The van der Waals surface area contributed by atoms with E-state index in [9.17, 15) is 4.39 Å². The Balaban J connectivity index is 3.21. The lowest BCUT2D eigenvalue weighted by atomic mass is 10.1. The first-order valence-electron chi connectivity index (χ1n) is 5.53. The van der Waals surface area contributed by atoms with Crippen molar-refractivity contribution in [1.29, 1.82) is 0 Å². The standard InChI is InChI=1S/C11H20BFS2/c12-15-10-8-11(13)7-5-3-1-2-4-6-9-14/h3,5,11,14H,1-2,4,6-10H2/b5-3-. The van der Waals surface area contributed by atoms with Gasteiger partial charge in [-0.3, -0.25) is 0 Å². The molecule has 0 saturated carbocycles. The van der Waals surface area contributed by atoms with E-state index >= 15 is 0 Å².